The molecule has 0 aromatic heterocycles. The molecule has 1 rings (SSSR count). The van der Waals surface area contributed by atoms with Crippen molar-refractivity contribution in [2.24, 2.45) is 5.92 Å². The van der Waals surface area contributed by atoms with Gasteiger partial charge < -0.3 is 5.11 Å². The summed E-state index contributed by atoms with van der Waals surface area (Å²) in [6, 6.07) is 0. The second-order valence-electron chi connectivity index (χ2n) is 3.08. The third kappa shape index (κ3) is 1.82. The van der Waals surface area contributed by atoms with Gasteiger partial charge in [-0.1, -0.05) is 13.3 Å². The van der Waals surface area contributed by atoms with Gasteiger partial charge in [-0.05, 0) is 6.42 Å². The van der Waals surface area contributed by atoms with Crippen LogP contribution in [0.1, 0.15) is 26.2 Å². The Bertz CT molecular complexity index is 202. The summed E-state index contributed by atoms with van der Waals surface area (Å²) in [5, 5.41) is 11.6. The standard InChI is InChI=1S/C8H13NO3/c1-2-3-6(10)5-4-7(11)9-8(5)12/h5-6,10H,2-4H2,1H3,(H,9,11,12)/t5-,6-/m0/s1. The molecule has 0 aliphatic carbocycles. The third-order valence-corrected chi connectivity index (χ3v) is 2.05. The van der Waals surface area contributed by atoms with Crippen molar-refractivity contribution in [1.29, 1.82) is 0 Å². The molecule has 4 heteroatoms. The lowest BCUT2D eigenvalue weighted by atomic mass is 9.97. The summed E-state index contributed by atoms with van der Waals surface area (Å²) in [5.41, 5.74) is 0. The lowest BCUT2D eigenvalue weighted by Gasteiger charge is -2.12. The van der Waals surface area contributed by atoms with Gasteiger partial charge in [0.2, 0.25) is 11.8 Å². The highest BCUT2D eigenvalue weighted by atomic mass is 16.3. The van der Waals surface area contributed by atoms with Crippen molar-refractivity contribution in [3.8, 4) is 0 Å². The minimum atomic E-state index is -0.665. The minimum absolute atomic E-state index is 0.139. The molecule has 1 aliphatic rings. The predicted octanol–water partition coefficient (Wildman–Crippen LogP) is -0.190. The van der Waals surface area contributed by atoms with E-state index in [9.17, 15) is 14.7 Å². The van der Waals surface area contributed by atoms with Gasteiger partial charge in [-0.3, -0.25) is 14.9 Å². The molecule has 2 atom stereocenters. The van der Waals surface area contributed by atoms with Crippen molar-refractivity contribution in [2.45, 2.75) is 32.3 Å². The number of carbonyl (C=O) groups is 2. The lowest BCUT2D eigenvalue weighted by molar-refractivity contribution is -0.127. The summed E-state index contributed by atoms with van der Waals surface area (Å²) in [5.74, 6) is -1.13. The molecule has 0 radical (unpaired) electrons. The van der Waals surface area contributed by atoms with Crippen LogP contribution >= 0.6 is 0 Å². The van der Waals surface area contributed by atoms with Crippen LogP contribution in [0.3, 0.4) is 0 Å². The molecule has 0 aromatic rings. The van der Waals surface area contributed by atoms with Crippen molar-refractivity contribution >= 4 is 11.8 Å². The number of nitrogens with one attached hydrogen (secondary N) is 1. The van der Waals surface area contributed by atoms with Gasteiger partial charge in [0.05, 0.1) is 12.0 Å². The zero-order valence-electron chi connectivity index (χ0n) is 7.04. The molecule has 2 N–H and O–H groups in total. The molecule has 68 valence electrons. The van der Waals surface area contributed by atoms with E-state index in [1.807, 2.05) is 6.92 Å². The van der Waals surface area contributed by atoms with Crippen LogP contribution in [-0.2, 0) is 9.59 Å². The Morgan fingerprint density at radius 1 is 1.67 bits per heavy atom. The zero-order valence-corrected chi connectivity index (χ0v) is 7.04. The zero-order chi connectivity index (χ0) is 9.14. The fraction of sp³-hybridized carbons (Fsp3) is 0.750. The average Bonchev–Trinajstić information content (AvgIpc) is 2.30. The van der Waals surface area contributed by atoms with E-state index in [2.05, 4.69) is 5.32 Å². The summed E-state index contributed by atoms with van der Waals surface area (Å²) in [6.45, 7) is 1.93. The first kappa shape index (κ1) is 9.19. The van der Waals surface area contributed by atoms with Crippen LogP contribution in [0.15, 0.2) is 0 Å². The number of hydrogen-bond donors (Lipinski definition) is 2. The molecule has 0 bridgehead atoms. The maximum absolute atomic E-state index is 11.0. The monoisotopic (exact) mass is 171 g/mol. The highest BCUT2D eigenvalue weighted by molar-refractivity contribution is 6.03. The number of amides is 2. The summed E-state index contributed by atoms with van der Waals surface area (Å²) in [6.07, 6.45) is 0.867. The Hall–Kier alpha value is -0.900. The van der Waals surface area contributed by atoms with E-state index >= 15 is 0 Å². The second-order valence-corrected chi connectivity index (χ2v) is 3.08. The maximum Gasteiger partial charge on any atom is 0.232 e. The van der Waals surface area contributed by atoms with Gasteiger partial charge in [0.25, 0.3) is 0 Å². The molecule has 2 amide bonds. The number of aliphatic hydroxyl groups is 1. The molecule has 0 unspecified atom stereocenters. The van der Waals surface area contributed by atoms with E-state index in [0.29, 0.717) is 6.42 Å². The first-order chi connectivity index (χ1) is 5.65. The normalized spacial score (nSPS) is 25.7. The summed E-state index contributed by atoms with van der Waals surface area (Å²) < 4.78 is 0. The van der Waals surface area contributed by atoms with Gasteiger partial charge in [-0.2, -0.15) is 0 Å². The molecule has 12 heavy (non-hydrogen) atoms. The van der Waals surface area contributed by atoms with E-state index in [1.165, 1.54) is 0 Å². The van der Waals surface area contributed by atoms with Crippen LogP contribution in [0.2, 0.25) is 0 Å². The van der Waals surface area contributed by atoms with Gasteiger partial charge in [-0.15, -0.1) is 0 Å². The highest BCUT2D eigenvalue weighted by Crippen LogP contribution is 2.18. The molecular weight excluding hydrogens is 158 g/mol. The van der Waals surface area contributed by atoms with Crippen molar-refractivity contribution in [1.82, 2.24) is 5.32 Å². The molecule has 1 saturated heterocycles. The molecule has 0 saturated carbocycles. The van der Waals surface area contributed by atoms with Gasteiger partial charge in [0.15, 0.2) is 0 Å². The van der Waals surface area contributed by atoms with Crippen LogP contribution in [0, 0.1) is 5.92 Å². The topological polar surface area (TPSA) is 66.4 Å². The molecule has 4 nitrogen and oxygen atoms in total. The average molecular weight is 171 g/mol. The number of carbonyl (C=O) groups excluding carboxylic acids is 2. The highest BCUT2D eigenvalue weighted by Gasteiger charge is 2.35. The van der Waals surface area contributed by atoms with E-state index in [-0.39, 0.29) is 18.2 Å². The Morgan fingerprint density at radius 3 is 2.75 bits per heavy atom. The molecule has 1 aliphatic heterocycles. The Morgan fingerprint density at radius 2 is 2.33 bits per heavy atom. The Kier molecular flexibility index (Phi) is 2.81. The second kappa shape index (κ2) is 3.67. The first-order valence-electron chi connectivity index (χ1n) is 4.17. The maximum atomic E-state index is 11.0. The van der Waals surface area contributed by atoms with Crippen molar-refractivity contribution in [3.63, 3.8) is 0 Å². The molecule has 1 heterocycles. The summed E-state index contributed by atoms with van der Waals surface area (Å²) in [4.78, 5) is 21.7. The van der Waals surface area contributed by atoms with Crippen LogP contribution < -0.4 is 5.32 Å². The van der Waals surface area contributed by atoms with Crippen molar-refractivity contribution in [2.75, 3.05) is 0 Å². The quantitative estimate of drug-likeness (QED) is 0.578. The first-order valence-corrected chi connectivity index (χ1v) is 4.17. The number of rotatable bonds is 3. The van der Waals surface area contributed by atoms with Crippen LogP contribution in [-0.4, -0.2) is 23.0 Å². The lowest BCUT2D eigenvalue weighted by Crippen LogP contribution is -2.28. The minimum Gasteiger partial charge on any atom is -0.392 e. The summed E-state index contributed by atoms with van der Waals surface area (Å²) >= 11 is 0. The van der Waals surface area contributed by atoms with Crippen LogP contribution in [0.5, 0.6) is 0 Å². The van der Waals surface area contributed by atoms with E-state index < -0.39 is 12.0 Å². The smallest absolute Gasteiger partial charge is 0.232 e. The summed E-state index contributed by atoms with van der Waals surface area (Å²) in [7, 11) is 0. The van der Waals surface area contributed by atoms with Gasteiger partial charge in [0.1, 0.15) is 0 Å². The van der Waals surface area contributed by atoms with Gasteiger partial charge in [0, 0.05) is 6.42 Å². The molecule has 0 spiro atoms. The van der Waals surface area contributed by atoms with Gasteiger partial charge in [-0.25, -0.2) is 0 Å². The Labute approximate surface area is 71.0 Å². The van der Waals surface area contributed by atoms with Crippen molar-refractivity contribution in [3.05, 3.63) is 0 Å². The SMILES string of the molecule is CCC[C@H](O)[C@@H]1CC(=O)NC1=O. The number of hydrogen-bond acceptors (Lipinski definition) is 3. The molecule has 0 aromatic carbocycles. The fourth-order valence-electron chi connectivity index (χ4n) is 1.38. The fourth-order valence-corrected chi connectivity index (χ4v) is 1.38. The van der Waals surface area contributed by atoms with Crippen LogP contribution in [0.25, 0.3) is 0 Å². The number of aliphatic hydroxyl groups excluding tert-OH is 1. The van der Waals surface area contributed by atoms with Crippen molar-refractivity contribution < 1.29 is 14.7 Å². The predicted molar refractivity (Wildman–Crippen MR) is 42.2 cm³/mol. The van der Waals surface area contributed by atoms with E-state index in [1.54, 1.807) is 0 Å². The molecular formula is C8H13NO3. The van der Waals surface area contributed by atoms with E-state index in [4.69, 9.17) is 0 Å². The Balaban J connectivity index is 2.51. The van der Waals surface area contributed by atoms with Crippen LogP contribution in [0.4, 0.5) is 0 Å². The number of imide groups is 1. The van der Waals surface area contributed by atoms with Gasteiger partial charge >= 0.3 is 0 Å². The third-order valence-electron chi connectivity index (χ3n) is 2.05. The van der Waals surface area contributed by atoms with E-state index in [0.717, 1.165) is 6.42 Å². The molecule has 1 fully saturated rings. The largest absolute Gasteiger partial charge is 0.392 e.